The maximum Gasteiger partial charge on any atom is 0.431 e. The Kier molecular flexibility index (Phi) is 4.26. The Hall–Kier alpha value is 0.570. The highest BCUT2D eigenvalue weighted by Crippen LogP contribution is 2.53. The zero-order chi connectivity index (χ0) is 12.7. The van der Waals surface area contributed by atoms with Gasteiger partial charge in [-0.2, -0.15) is 26.3 Å². The lowest BCUT2D eigenvalue weighted by Gasteiger charge is -2.32. The van der Waals surface area contributed by atoms with Gasteiger partial charge < -0.3 is 0 Å². The minimum absolute atomic E-state index is 2.09. The lowest BCUT2D eigenvalue weighted by atomic mass is 10.0. The third-order valence-electron chi connectivity index (χ3n) is 1.34. The maximum atomic E-state index is 12.9. The summed E-state index contributed by atoms with van der Waals surface area (Å²) in [5.74, 6) is 0. The van der Waals surface area contributed by atoms with E-state index in [-0.39, 0.29) is 0 Å². The van der Waals surface area contributed by atoms with Crippen LogP contribution in [-0.2, 0) is 0 Å². The van der Waals surface area contributed by atoms with Crippen molar-refractivity contribution in [2.45, 2.75) is 27.7 Å². The third-order valence-corrected chi connectivity index (χ3v) is 1.89. The van der Waals surface area contributed by atoms with Crippen LogP contribution in [0.25, 0.3) is 0 Å². The van der Waals surface area contributed by atoms with Crippen molar-refractivity contribution in [2.24, 2.45) is 0 Å². The van der Waals surface area contributed by atoms with Gasteiger partial charge in [-0.05, 0) is 15.9 Å². The van der Waals surface area contributed by atoms with Gasteiger partial charge in [0.15, 0.2) is 3.24 Å². The van der Waals surface area contributed by atoms with Crippen molar-refractivity contribution in [3.8, 4) is 0 Å². The molecular formula is C5H2BrCl2F7. The first-order chi connectivity index (χ1) is 6.21. The summed E-state index contributed by atoms with van der Waals surface area (Å²) in [4.78, 5) is 0. The summed E-state index contributed by atoms with van der Waals surface area (Å²) in [7, 11) is 0. The van der Waals surface area contributed by atoms with Gasteiger partial charge in [0.25, 0.3) is 0 Å². The molecule has 0 bridgehead atoms. The van der Waals surface area contributed by atoms with Gasteiger partial charge in [-0.15, -0.1) is 0 Å². The second-order valence-corrected chi connectivity index (χ2v) is 6.34. The number of hydrogen-bond acceptors (Lipinski definition) is 0. The van der Waals surface area contributed by atoms with E-state index in [1.807, 2.05) is 0 Å². The molecule has 0 heterocycles. The first-order valence-electron chi connectivity index (χ1n) is 3.10. The Bertz CT molecular complexity index is 213. The molecule has 0 rings (SSSR count). The van der Waals surface area contributed by atoms with Gasteiger partial charge in [-0.3, -0.25) is 0 Å². The van der Waals surface area contributed by atoms with Crippen molar-refractivity contribution in [1.82, 2.24) is 0 Å². The Morgan fingerprint density at radius 1 is 0.800 bits per heavy atom. The molecule has 0 nitrogen and oxygen atoms in total. The quantitative estimate of drug-likeness (QED) is 0.501. The van der Waals surface area contributed by atoms with Crippen LogP contribution in [0.4, 0.5) is 30.7 Å². The van der Waals surface area contributed by atoms with E-state index in [1.165, 1.54) is 0 Å². The number of alkyl halides is 10. The number of rotatable bonds is 2. The highest BCUT2D eigenvalue weighted by atomic mass is 79.9. The van der Waals surface area contributed by atoms with Crippen LogP contribution in [0.2, 0.25) is 0 Å². The van der Waals surface area contributed by atoms with Crippen LogP contribution in [0.5, 0.6) is 0 Å². The fraction of sp³-hybridized carbons (Fsp3) is 1.00. The van der Waals surface area contributed by atoms with Crippen LogP contribution in [0, 0.1) is 0 Å². The van der Waals surface area contributed by atoms with Crippen molar-refractivity contribution in [1.29, 1.82) is 0 Å². The molecule has 0 unspecified atom stereocenters. The van der Waals surface area contributed by atoms with Crippen LogP contribution in [-0.4, -0.2) is 21.3 Å². The van der Waals surface area contributed by atoms with E-state index in [1.54, 1.807) is 0 Å². The summed E-state index contributed by atoms with van der Waals surface area (Å²) in [5.41, 5.74) is -5.45. The van der Waals surface area contributed by atoms with Crippen molar-refractivity contribution in [2.75, 3.05) is 0 Å². The SMILES string of the molecule is FC(F)(F)C(F)(CC(Cl)(Cl)Br)C(F)(F)F. The van der Waals surface area contributed by atoms with Crippen LogP contribution in [0.3, 0.4) is 0 Å². The molecule has 92 valence electrons. The van der Waals surface area contributed by atoms with Crippen molar-refractivity contribution in [3.05, 3.63) is 0 Å². The fourth-order valence-corrected chi connectivity index (χ4v) is 1.39. The van der Waals surface area contributed by atoms with Gasteiger partial charge in [0.2, 0.25) is 0 Å². The summed E-state index contributed by atoms with van der Waals surface area (Å²) >= 11 is 11.8. The highest BCUT2D eigenvalue weighted by Gasteiger charge is 2.73. The van der Waals surface area contributed by atoms with Crippen LogP contribution >= 0.6 is 39.1 Å². The molecule has 15 heavy (non-hydrogen) atoms. The van der Waals surface area contributed by atoms with Crippen molar-refractivity contribution >= 4 is 39.1 Å². The van der Waals surface area contributed by atoms with Gasteiger partial charge in [0, 0.05) is 6.42 Å². The van der Waals surface area contributed by atoms with Gasteiger partial charge in [-0.1, -0.05) is 23.2 Å². The van der Waals surface area contributed by atoms with Crippen LogP contribution < -0.4 is 0 Å². The summed E-state index contributed by atoms with van der Waals surface area (Å²) in [6, 6.07) is 0. The molecule has 0 saturated carbocycles. The van der Waals surface area contributed by atoms with Gasteiger partial charge in [0.05, 0.1) is 0 Å². The Morgan fingerprint density at radius 3 is 1.13 bits per heavy atom. The topological polar surface area (TPSA) is 0 Å². The lowest BCUT2D eigenvalue weighted by molar-refractivity contribution is -0.342. The lowest BCUT2D eigenvalue weighted by Crippen LogP contribution is -2.55. The second kappa shape index (κ2) is 4.10. The minimum Gasteiger partial charge on any atom is -0.223 e. The Balaban J connectivity index is 5.26. The van der Waals surface area contributed by atoms with E-state index in [0.717, 1.165) is 0 Å². The highest BCUT2D eigenvalue weighted by molar-refractivity contribution is 9.11. The fourth-order valence-electron chi connectivity index (χ4n) is 0.637. The molecule has 10 heteroatoms. The molecular weight excluding hydrogens is 344 g/mol. The van der Waals surface area contributed by atoms with Gasteiger partial charge in [-0.25, -0.2) is 4.39 Å². The number of halogens is 10. The first-order valence-corrected chi connectivity index (χ1v) is 4.65. The van der Waals surface area contributed by atoms with E-state index in [2.05, 4.69) is 15.9 Å². The first kappa shape index (κ1) is 15.6. The Morgan fingerprint density at radius 2 is 1.07 bits per heavy atom. The predicted octanol–water partition coefficient (Wildman–Crippen LogP) is 4.74. The molecule has 0 radical (unpaired) electrons. The maximum absolute atomic E-state index is 12.9. The average molecular weight is 346 g/mol. The van der Waals surface area contributed by atoms with E-state index < -0.39 is 27.7 Å². The second-order valence-electron chi connectivity index (χ2n) is 2.59. The van der Waals surface area contributed by atoms with Crippen molar-refractivity contribution in [3.63, 3.8) is 0 Å². The Labute approximate surface area is 97.8 Å². The normalized spacial score (nSPS) is 15.6. The van der Waals surface area contributed by atoms with E-state index in [4.69, 9.17) is 23.2 Å². The standard InChI is InChI=1S/C5H2BrCl2F7/c6-3(7,8)1-2(9,4(10,11)12)5(13,14)15/h1H2. The molecule has 0 aliphatic carbocycles. The molecule has 0 fully saturated rings. The molecule has 0 saturated heterocycles. The van der Waals surface area contributed by atoms with Gasteiger partial charge >= 0.3 is 18.0 Å². The van der Waals surface area contributed by atoms with Crippen molar-refractivity contribution < 1.29 is 30.7 Å². The monoisotopic (exact) mass is 344 g/mol. The minimum atomic E-state index is -6.14. The molecule has 0 aliphatic rings. The largest absolute Gasteiger partial charge is 0.431 e. The van der Waals surface area contributed by atoms with E-state index in [9.17, 15) is 30.7 Å². The summed E-state index contributed by atoms with van der Waals surface area (Å²) in [6.45, 7) is 0. The van der Waals surface area contributed by atoms with E-state index in [0.29, 0.717) is 0 Å². The van der Waals surface area contributed by atoms with E-state index >= 15 is 0 Å². The summed E-state index contributed by atoms with van der Waals surface area (Å²) in [6.07, 6.45) is -14.5. The number of hydrogen-bond donors (Lipinski definition) is 0. The smallest absolute Gasteiger partial charge is 0.223 e. The molecule has 0 aromatic heterocycles. The molecule has 0 N–H and O–H groups in total. The zero-order valence-electron chi connectivity index (χ0n) is 6.49. The predicted molar refractivity (Wildman–Crippen MR) is 43.9 cm³/mol. The molecule has 0 aromatic rings. The summed E-state index contributed by atoms with van der Waals surface area (Å²) in [5, 5.41) is 0. The van der Waals surface area contributed by atoms with Crippen LogP contribution in [0.1, 0.15) is 6.42 Å². The molecule has 0 spiro atoms. The third kappa shape index (κ3) is 3.81. The molecule has 0 atom stereocenters. The molecule has 0 aliphatic heterocycles. The molecule has 0 aromatic carbocycles. The van der Waals surface area contributed by atoms with Crippen LogP contribution in [0.15, 0.2) is 0 Å². The van der Waals surface area contributed by atoms with Gasteiger partial charge in [0.1, 0.15) is 0 Å². The molecule has 0 amide bonds. The average Bonchev–Trinajstić information content (AvgIpc) is 1.77. The summed E-state index contributed by atoms with van der Waals surface area (Å²) < 4.78 is 81.6. The zero-order valence-corrected chi connectivity index (χ0v) is 9.58.